The van der Waals surface area contributed by atoms with E-state index in [0.717, 1.165) is 11.3 Å². The van der Waals surface area contributed by atoms with E-state index < -0.39 is 0 Å². The molecule has 0 unspecified atom stereocenters. The zero-order chi connectivity index (χ0) is 17.2. The van der Waals surface area contributed by atoms with Crippen LogP contribution in [0.4, 0.5) is 11.6 Å². The van der Waals surface area contributed by atoms with Crippen molar-refractivity contribution < 1.29 is 0 Å². The summed E-state index contributed by atoms with van der Waals surface area (Å²) in [5, 5.41) is 17.0. The van der Waals surface area contributed by atoms with Crippen LogP contribution in [0, 0.1) is 11.3 Å². The number of pyridine rings is 1. The summed E-state index contributed by atoms with van der Waals surface area (Å²) in [7, 11) is 0. The highest BCUT2D eigenvalue weighted by molar-refractivity contribution is 6.30. The Morgan fingerprint density at radius 3 is 2.64 bits per heavy atom. The topological polar surface area (TPSA) is 91.8 Å². The van der Waals surface area contributed by atoms with E-state index in [2.05, 4.69) is 25.4 Å². The molecule has 0 saturated carbocycles. The van der Waals surface area contributed by atoms with Gasteiger partial charge in [-0.2, -0.15) is 10.2 Å². The molecular weight excluding hydrogens is 338 g/mol. The van der Waals surface area contributed by atoms with Crippen LogP contribution in [0.25, 0.3) is 16.9 Å². The second-order valence-electron chi connectivity index (χ2n) is 5.16. The molecule has 0 aliphatic heterocycles. The lowest BCUT2D eigenvalue weighted by atomic mass is 10.2. The van der Waals surface area contributed by atoms with Crippen molar-refractivity contribution in [2.75, 3.05) is 5.32 Å². The predicted molar refractivity (Wildman–Crippen MR) is 93.5 cm³/mol. The maximum absolute atomic E-state index is 8.86. The van der Waals surface area contributed by atoms with E-state index >= 15 is 0 Å². The molecule has 0 spiro atoms. The smallest absolute Gasteiger partial charge is 0.247 e. The van der Waals surface area contributed by atoms with Crippen molar-refractivity contribution in [3.8, 4) is 17.3 Å². The highest BCUT2D eigenvalue weighted by Gasteiger charge is 2.11. The van der Waals surface area contributed by atoms with Gasteiger partial charge < -0.3 is 5.32 Å². The van der Waals surface area contributed by atoms with Crippen molar-refractivity contribution in [3.05, 3.63) is 65.7 Å². The number of rotatable bonds is 3. The van der Waals surface area contributed by atoms with E-state index in [0.29, 0.717) is 28.0 Å². The summed E-state index contributed by atoms with van der Waals surface area (Å²) in [6.45, 7) is 0. The molecular formula is C17H10ClN7. The van der Waals surface area contributed by atoms with Gasteiger partial charge in [-0.3, -0.25) is 4.98 Å². The van der Waals surface area contributed by atoms with Gasteiger partial charge in [-0.25, -0.2) is 9.50 Å². The van der Waals surface area contributed by atoms with E-state index in [-0.39, 0.29) is 0 Å². The Balaban J connectivity index is 1.73. The molecule has 25 heavy (non-hydrogen) atoms. The van der Waals surface area contributed by atoms with Crippen LogP contribution in [0.3, 0.4) is 0 Å². The number of fused-ring (bicyclic) bond motifs is 1. The summed E-state index contributed by atoms with van der Waals surface area (Å²) in [6.07, 6.45) is 4.96. The molecule has 4 rings (SSSR count). The Labute approximate surface area is 147 Å². The molecule has 0 aliphatic carbocycles. The first-order chi connectivity index (χ1) is 12.2. The normalized spacial score (nSPS) is 10.6. The number of nitriles is 1. The first kappa shape index (κ1) is 15.1. The average molecular weight is 348 g/mol. The second-order valence-corrected chi connectivity index (χ2v) is 5.59. The van der Waals surface area contributed by atoms with Crippen LogP contribution in [0.5, 0.6) is 0 Å². The molecule has 0 amide bonds. The Bertz CT molecular complexity index is 1080. The summed E-state index contributed by atoms with van der Waals surface area (Å²) in [6, 6.07) is 12.7. The van der Waals surface area contributed by atoms with Gasteiger partial charge in [-0.15, -0.1) is 5.10 Å². The molecule has 0 atom stereocenters. The number of nitrogens with zero attached hydrogens (tertiary/aromatic N) is 6. The van der Waals surface area contributed by atoms with Crippen molar-refractivity contribution in [2.45, 2.75) is 0 Å². The van der Waals surface area contributed by atoms with Crippen LogP contribution in [-0.2, 0) is 0 Å². The molecule has 0 saturated heterocycles. The van der Waals surface area contributed by atoms with Crippen molar-refractivity contribution in [2.24, 2.45) is 0 Å². The summed E-state index contributed by atoms with van der Waals surface area (Å²) in [5.41, 5.74) is 3.16. The molecule has 0 fully saturated rings. The fourth-order valence-corrected chi connectivity index (χ4v) is 2.46. The number of hydrogen-bond donors (Lipinski definition) is 1. The highest BCUT2D eigenvalue weighted by Crippen LogP contribution is 2.23. The fraction of sp³-hybridized carbons (Fsp3) is 0. The minimum atomic E-state index is 0.349. The van der Waals surface area contributed by atoms with Gasteiger partial charge in [0.2, 0.25) is 5.95 Å². The number of benzene rings is 1. The van der Waals surface area contributed by atoms with Crippen LogP contribution in [0.1, 0.15) is 5.69 Å². The predicted octanol–water partition coefficient (Wildman–Crippen LogP) is 3.45. The molecule has 3 heterocycles. The number of anilines is 2. The van der Waals surface area contributed by atoms with Crippen LogP contribution < -0.4 is 5.32 Å². The largest absolute Gasteiger partial charge is 0.323 e. The number of nitrogens with one attached hydrogen (secondary N) is 1. The molecule has 8 heteroatoms. The van der Waals surface area contributed by atoms with E-state index in [4.69, 9.17) is 16.9 Å². The van der Waals surface area contributed by atoms with Crippen molar-refractivity contribution in [1.82, 2.24) is 24.6 Å². The molecule has 0 aliphatic rings. The van der Waals surface area contributed by atoms with E-state index in [1.165, 1.54) is 0 Å². The minimum Gasteiger partial charge on any atom is -0.323 e. The Morgan fingerprint density at radius 2 is 1.92 bits per heavy atom. The third-order valence-electron chi connectivity index (χ3n) is 3.51. The summed E-state index contributed by atoms with van der Waals surface area (Å²) in [4.78, 5) is 13.0. The maximum Gasteiger partial charge on any atom is 0.247 e. The number of aromatic nitrogens is 5. The van der Waals surface area contributed by atoms with Crippen molar-refractivity contribution in [1.29, 1.82) is 5.26 Å². The first-order valence-electron chi connectivity index (χ1n) is 7.33. The molecule has 1 N–H and O–H groups in total. The molecule has 120 valence electrons. The van der Waals surface area contributed by atoms with Crippen molar-refractivity contribution >= 4 is 28.9 Å². The Kier molecular flexibility index (Phi) is 3.72. The van der Waals surface area contributed by atoms with Gasteiger partial charge in [-0.1, -0.05) is 11.6 Å². The van der Waals surface area contributed by atoms with Gasteiger partial charge >= 0.3 is 0 Å². The third kappa shape index (κ3) is 2.98. The molecule has 7 nitrogen and oxygen atoms in total. The van der Waals surface area contributed by atoms with Gasteiger partial charge in [0.05, 0.1) is 0 Å². The maximum atomic E-state index is 8.86. The molecule has 1 aromatic carbocycles. The summed E-state index contributed by atoms with van der Waals surface area (Å²) < 4.78 is 1.64. The van der Waals surface area contributed by atoms with Crippen LogP contribution >= 0.6 is 11.6 Å². The van der Waals surface area contributed by atoms with E-state index in [9.17, 15) is 0 Å². The SMILES string of the molecule is N#Cc1ccc(-c2nccn3nc(Nc4ccc(Cl)cc4)nc23)cn1. The lowest BCUT2D eigenvalue weighted by molar-refractivity contribution is 0.951. The first-order valence-corrected chi connectivity index (χ1v) is 7.71. The summed E-state index contributed by atoms with van der Waals surface area (Å²) in [5.74, 6) is 0.443. The van der Waals surface area contributed by atoms with Gasteiger partial charge in [0.15, 0.2) is 5.65 Å². The van der Waals surface area contributed by atoms with Crippen LogP contribution in [0.15, 0.2) is 55.0 Å². The van der Waals surface area contributed by atoms with E-state index in [1.54, 1.807) is 47.4 Å². The van der Waals surface area contributed by atoms with Crippen LogP contribution in [-0.4, -0.2) is 24.6 Å². The molecule has 3 aromatic heterocycles. The van der Waals surface area contributed by atoms with Gasteiger partial charge in [0, 0.05) is 34.9 Å². The molecule has 0 bridgehead atoms. The van der Waals surface area contributed by atoms with Gasteiger partial charge in [0.1, 0.15) is 17.5 Å². The fourth-order valence-electron chi connectivity index (χ4n) is 2.34. The quantitative estimate of drug-likeness (QED) is 0.610. The minimum absolute atomic E-state index is 0.349. The number of halogens is 1. The lowest BCUT2D eigenvalue weighted by Crippen LogP contribution is -1.94. The average Bonchev–Trinajstić information content (AvgIpc) is 3.06. The van der Waals surface area contributed by atoms with Gasteiger partial charge in [0.25, 0.3) is 0 Å². The van der Waals surface area contributed by atoms with Crippen molar-refractivity contribution in [3.63, 3.8) is 0 Å². The van der Waals surface area contributed by atoms with E-state index in [1.807, 2.05) is 18.2 Å². The number of hydrogen-bond acceptors (Lipinski definition) is 6. The second kappa shape index (κ2) is 6.19. The van der Waals surface area contributed by atoms with Crippen LogP contribution in [0.2, 0.25) is 5.02 Å². The standard InChI is InChI=1S/C17H10ClN7/c18-12-2-5-13(6-3-12)22-17-23-16-15(20-7-8-25(16)24-17)11-1-4-14(9-19)21-10-11/h1-8,10H,(H,22,24). The van der Waals surface area contributed by atoms with Gasteiger partial charge in [-0.05, 0) is 36.4 Å². The highest BCUT2D eigenvalue weighted by atomic mass is 35.5. The molecule has 4 aromatic rings. The Hall–Kier alpha value is -3.50. The lowest BCUT2D eigenvalue weighted by Gasteiger charge is -2.01. The molecule has 0 radical (unpaired) electrons. The zero-order valence-electron chi connectivity index (χ0n) is 12.8. The zero-order valence-corrected chi connectivity index (χ0v) is 13.5. The summed E-state index contributed by atoms with van der Waals surface area (Å²) >= 11 is 5.89. The monoisotopic (exact) mass is 347 g/mol. The third-order valence-corrected chi connectivity index (χ3v) is 3.76. The Morgan fingerprint density at radius 1 is 1.08 bits per heavy atom.